The van der Waals surface area contributed by atoms with Gasteiger partial charge >= 0.3 is 0 Å². The molecular formula is C12H12FNO. The lowest BCUT2D eigenvalue weighted by atomic mass is 10.1. The Morgan fingerprint density at radius 1 is 1.47 bits per heavy atom. The van der Waals surface area contributed by atoms with Gasteiger partial charge in [-0.3, -0.25) is 4.79 Å². The van der Waals surface area contributed by atoms with Gasteiger partial charge in [0, 0.05) is 29.2 Å². The lowest BCUT2D eigenvalue weighted by molar-refractivity contribution is 0.101. The van der Waals surface area contributed by atoms with Crippen molar-refractivity contribution in [3.05, 3.63) is 35.8 Å². The third-order valence-corrected chi connectivity index (χ3v) is 2.56. The second-order valence-corrected chi connectivity index (χ2v) is 3.55. The normalized spacial score (nSPS) is 10.9. The maximum Gasteiger partial charge on any atom is 0.161 e. The molecule has 2 aromatic rings. The smallest absolute Gasteiger partial charge is 0.161 e. The maximum absolute atomic E-state index is 13.1. The third-order valence-electron chi connectivity index (χ3n) is 2.56. The molecular weight excluding hydrogens is 193 g/mol. The molecule has 0 spiro atoms. The first-order valence-electron chi connectivity index (χ1n) is 4.92. The van der Waals surface area contributed by atoms with Gasteiger partial charge < -0.3 is 4.57 Å². The van der Waals surface area contributed by atoms with E-state index in [4.69, 9.17) is 0 Å². The van der Waals surface area contributed by atoms with E-state index in [0.29, 0.717) is 10.9 Å². The Kier molecular flexibility index (Phi) is 2.31. The van der Waals surface area contributed by atoms with E-state index in [0.717, 1.165) is 12.1 Å². The second kappa shape index (κ2) is 3.50. The van der Waals surface area contributed by atoms with Gasteiger partial charge in [-0.15, -0.1) is 0 Å². The van der Waals surface area contributed by atoms with Gasteiger partial charge in [-0.1, -0.05) is 0 Å². The Balaban J connectivity index is 2.81. The van der Waals surface area contributed by atoms with E-state index in [2.05, 4.69) is 0 Å². The fourth-order valence-electron chi connectivity index (χ4n) is 1.81. The van der Waals surface area contributed by atoms with Crippen molar-refractivity contribution in [2.24, 2.45) is 0 Å². The molecule has 0 atom stereocenters. The van der Waals surface area contributed by atoms with Crippen molar-refractivity contribution in [2.45, 2.75) is 20.4 Å². The molecule has 0 aliphatic rings. The molecule has 2 rings (SSSR count). The summed E-state index contributed by atoms with van der Waals surface area (Å²) >= 11 is 0. The Labute approximate surface area is 87.3 Å². The van der Waals surface area contributed by atoms with Gasteiger partial charge in [0.05, 0.1) is 0 Å². The summed E-state index contributed by atoms with van der Waals surface area (Å²) in [6.07, 6.45) is 1.78. The molecule has 0 aliphatic carbocycles. The molecule has 1 aromatic heterocycles. The third kappa shape index (κ3) is 1.54. The van der Waals surface area contributed by atoms with Crippen LogP contribution >= 0.6 is 0 Å². The van der Waals surface area contributed by atoms with Crippen LogP contribution in [0.1, 0.15) is 24.2 Å². The number of halogens is 1. The van der Waals surface area contributed by atoms with Crippen molar-refractivity contribution in [2.75, 3.05) is 0 Å². The number of carbonyl (C=O) groups is 1. The molecule has 3 heteroatoms. The Bertz CT molecular complexity index is 528. The van der Waals surface area contributed by atoms with E-state index in [1.54, 1.807) is 12.3 Å². The quantitative estimate of drug-likeness (QED) is 0.691. The summed E-state index contributed by atoms with van der Waals surface area (Å²) < 4.78 is 15.0. The first-order chi connectivity index (χ1) is 7.13. The summed E-state index contributed by atoms with van der Waals surface area (Å²) in [6.45, 7) is 4.27. The van der Waals surface area contributed by atoms with Gasteiger partial charge in [-0.2, -0.15) is 0 Å². The molecule has 0 fully saturated rings. The zero-order valence-electron chi connectivity index (χ0n) is 8.75. The molecule has 0 bridgehead atoms. The summed E-state index contributed by atoms with van der Waals surface area (Å²) in [5.41, 5.74) is 1.50. The summed E-state index contributed by atoms with van der Waals surface area (Å²) in [7, 11) is 0. The number of fused-ring (bicyclic) bond motifs is 1. The van der Waals surface area contributed by atoms with Crippen LogP contribution in [0.15, 0.2) is 24.4 Å². The highest BCUT2D eigenvalue weighted by molar-refractivity contribution is 6.06. The monoisotopic (exact) mass is 205 g/mol. The highest BCUT2D eigenvalue weighted by atomic mass is 19.1. The van der Waals surface area contributed by atoms with E-state index < -0.39 is 0 Å². The minimum absolute atomic E-state index is 0.0298. The van der Waals surface area contributed by atoms with Gasteiger partial charge in [0.1, 0.15) is 5.82 Å². The fourth-order valence-corrected chi connectivity index (χ4v) is 1.81. The van der Waals surface area contributed by atoms with Crippen LogP contribution in [0.4, 0.5) is 4.39 Å². The molecule has 0 unspecified atom stereocenters. The molecule has 0 amide bonds. The van der Waals surface area contributed by atoms with Crippen molar-refractivity contribution in [3.8, 4) is 0 Å². The minimum Gasteiger partial charge on any atom is -0.347 e. The highest BCUT2D eigenvalue weighted by Crippen LogP contribution is 2.22. The van der Waals surface area contributed by atoms with Crippen molar-refractivity contribution < 1.29 is 9.18 Å². The van der Waals surface area contributed by atoms with Gasteiger partial charge in [-0.05, 0) is 32.0 Å². The number of benzene rings is 1. The van der Waals surface area contributed by atoms with Gasteiger partial charge in [0.15, 0.2) is 5.78 Å². The molecule has 1 heterocycles. The van der Waals surface area contributed by atoms with Gasteiger partial charge in [-0.25, -0.2) is 4.39 Å². The average molecular weight is 205 g/mol. The highest BCUT2D eigenvalue weighted by Gasteiger charge is 2.11. The molecule has 0 N–H and O–H groups in total. The number of hydrogen-bond acceptors (Lipinski definition) is 1. The van der Waals surface area contributed by atoms with Crippen LogP contribution in [0, 0.1) is 5.82 Å². The fraction of sp³-hybridized carbons (Fsp3) is 0.250. The van der Waals surface area contributed by atoms with Crippen LogP contribution in [0.25, 0.3) is 10.9 Å². The van der Waals surface area contributed by atoms with Gasteiger partial charge in [0.2, 0.25) is 0 Å². The number of Topliss-reactive ketones (excluding diaryl/α,β-unsaturated/α-hetero) is 1. The van der Waals surface area contributed by atoms with E-state index in [-0.39, 0.29) is 11.6 Å². The summed E-state index contributed by atoms with van der Waals surface area (Å²) in [6, 6.07) is 4.54. The Morgan fingerprint density at radius 2 is 2.20 bits per heavy atom. The van der Waals surface area contributed by atoms with E-state index >= 15 is 0 Å². The Hall–Kier alpha value is -1.64. The topological polar surface area (TPSA) is 22.0 Å². The number of aromatic nitrogens is 1. The van der Waals surface area contributed by atoms with Crippen molar-refractivity contribution >= 4 is 16.7 Å². The SMILES string of the molecule is CCn1cc(C(C)=O)c2cc(F)ccc21. The lowest BCUT2D eigenvalue weighted by Gasteiger charge is -1.98. The predicted octanol–water partition coefficient (Wildman–Crippen LogP) is 3.00. The zero-order valence-corrected chi connectivity index (χ0v) is 8.75. The minimum atomic E-state index is -0.307. The van der Waals surface area contributed by atoms with Crippen molar-refractivity contribution in [1.29, 1.82) is 0 Å². The second-order valence-electron chi connectivity index (χ2n) is 3.55. The maximum atomic E-state index is 13.1. The molecule has 15 heavy (non-hydrogen) atoms. The molecule has 1 aromatic carbocycles. The number of aryl methyl sites for hydroxylation is 1. The largest absolute Gasteiger partial charge is 0.347 e. The number of hydrogen-bond donors (Lipinski definition) is 0. The molecule has 0 saturated heterocycles. The van der Waals surface area contributed by atoms with E-state index in [1.165, 1.54) is 19.1 Å². The van der Waals surface area contributed by atoms with Crippen LogP contribution in [-0.2, 0) is 6.54 Å². The number of carbonyl (C=O) groups excluding carboxylic acids is 1. The number of rotatable bonds is 2. The summed E-state index contributed by atoms with van der Waals surface area (Å²) in [5.74, 6) is -0.336. The van der Waals surface area contributed by atoms with Crippen molar-refractivity contribution in [1.82, 2.24) is 4.57 Å². The van der Waals surface area contributed by atoms with E-state index in [1.807, 2.05) is 11.5 Å². The molecule has 0 radical (unpaired) electrons. The zero-order chi connectivity index (χ0) is 11.0. The predicted molar refractivity (Wildman–Crippen MR) is 57.6 cm³/mol. The molecule has 2 nitrogen and oxygen atoms in total. The molecule has 78 valence electrons. The van der Waals surface area contributed by atoms with Crippen LogP contribution in [0.5, 0.6) is 0 Å². The van der Waals surface area contributed by atoms with Crippen LogP contribution < -0.4 is 0 Å². The van der Waals surface area contributed by atoms with Crippen LogP contribution in [0.3, 0.4) is 0 Å². The molecule has 0 aliphatic heterocycles. The van der Waals surface area contributed by atoms with E-state index in [9.17, 15) is 9.18 Å². The summed E-state index contributed by atoms with van der Waals surface area (Å²) in [5, 5.41) is 0.698. The number of nitrogens with zero attached hydrogens (tertiary/aromatic N) is 1. The average Bonchev–Trinajstić information content (AvgIpc) is 2.55. The van der Waals surface area contributed by atoms with Crippen molar-refractivity contribution in [3.63, 3.8) is 0 Å². The Morgan fingerprint density at radius 3 is 2.80 bits per heavy atom. The first kappa shape index (κ1) is 9.90. The lowest BCUT2D eigenvalue weighted by Crippen LogP contribution is -1.91. The summed E-state index contributed by atoms with van der Waals surface area (Å²) in [4.78, 5) is 11.4. The van der Waals surface area contributed by atoms with Crippen LogP contribution in [0.2, 0.25) is 0 Å². The number of ketones is 1. The van der Waals surface area contributed by atoms with Crippen LogP contribution in [-0.4, -0.2) is 10.4 Å². The first-order valence-corrected chi connectivity index (χ1v) is 4.92. The molecule has 0 saturated carbocycles. The standard InChI is InChI=1S/C12H12FNO/c1-3-14-7-11(8(2)15)10-6-9(13)4-5-12(10)14/h4-7H,3H2,1-2H3. The van der Waals surface area contributed by atoms with Gasteiger partial charge in [0.25, 0.3) is 0 Å².